The summed E-state index contributed by atoms with van der Waals surface area (Å²) < 4.78 is 35.7. The molecule has 0 radical (unpaired) electrons. The largest absolute Gasteiger partial charge is 0.480 e. The predicted molar refractivity (Wildman–Crippen MR) is 43.0 cm³/mol. The van der Waals surface area contributed by atoms with Crippen LogP contribution in [-0.2, 0) is 9.59 Å². The Morgan fingerprint density at radius 3 is 2.47 bits per heavy atom. The molecule has 1 rings (SSSR count). The summed E-state index contributed by atoms with van der Waals surface area (Å²) in [6.07, 6.45) is -5.51. The van der Waals surface area contributed by atoms with Crippen molar-refractivity contribution in [2.24, 2.45) is 0 Å². The second kappa shape index (κ2) is 4.08. The molecule has 0 aliphatic carbocycles. The van der Waals surface area contributed by atoms with Gasteiger partial charge in [-0.1, -0.05) is 0 Å². The molecule has 1 amide bonds. The van der Waals surface area contributed by atoms with Crippen molar-refractivity contribution in [3.05, 3.63) is 0 Å². The number of hydrogen-bond donors (Lipinski definition) is 1. The zero-order chi connectivity index (χ0) is 11.6. The van der Waals surface area contributed by atoms with Crippen molar-refractivity contribution in [1.29, 1.82) is 0 Å². The Kier molecular flexibility index (Phi) is 3.21. The Bertz CT molecular complexity index is 277. The van der Waals surface area contributed by atoms with E-state index in [1.807, 2.05) is 0 Å². The van der Waals surface area contributed by atoms with E-state index in [1.165, 1.54) is 0 Å². The number of hydrogen-bond acceptors (Lipinski definition) is 2. The summed E-state index contributed by atoms with van der Waals surface area (Å²) in [6.45, 7) is 0.0892. The van der Waals surface area contributed by atoms with Crippen LogP contribution in [0.2, 0.25) is 0 Å². The molecule has 1 N–H and O–H groups in total. The summed E-state index contributed by atoms with van der Waals surface area (Å²) in [5, 5.41) is 8.66. The fourth-order valence-electron chi connectivity index (χ4n) is 1.59. The third-order valence-corrected chi connectivity index (χ3v) is 2.21. The number of carboxylic acid groups (broad SMARTS) is 1. The molecule has 0 aromatic carbocycles. The molecule has 1 fully saturated rings. The summed E-state index contributed by atoms with van der Waals surface area (Å²) in [5.41, 5.74) is 0. The van der Waals surface area contributed by atoms with Gasteiger partial charge in [-0.25, -0.2) is 4.79 Å². The zero-order valence-corrected chi connectivity index (χ0v) is 7.75. The van der Waals surface area contributed by atoms with Crippen LogP contribution in [0.4, 0.5) is 13.2 Å². The van der Waals surface area contributed by atoms with E-state index in [0.29, 0.717) is 6.42 Å². The number of halogens is 3. The molecule has 0 bridgehead atoms. The first-order valence-corrected chi connectivity index (χ1v) is 4.40. The third kappa shape index (κ3) is 3.10. The lowest BCUT2D eigenvalue weighted by molar-refractivity contribution is -0.165. The second-order valence-corrected chi connectivity index (χ2v) is 3.38. The Labute approximate surface area is 83.7 Å². The Balaban J connectivity index is 2.63. The molecule has 0 aromatic heterocycles. The number of alkyl halides is 3. The summed E-state index contributed by atoms with van der Waals surface area (Å²) in [6, 6.07) is -1.10. The van der Waals surface area contributed by atoms with E-state index in [9.17, 15) is 22.8 Å². The van der Waals surface area contributed by atoms with Gasteiger partial charge in [0.05, 0.1) is 0 Å². The average Bonchev–Trinajstić information content (AvgIpc) is 2.47. The van der Waals surface area contributed by atoms with Crippen LogP contribution in [-0.4, -0.2) is 40.6 Å². The van der Waals surface area contributed by atoms with Crippen molar-refractivity contribution >= 4 is 11.9 Å². The smallest absolute Gasteiger partial charge is 0.397 e. The Hall–Kier alpha value is -1.27. The van der Waals surface area contributed by atoms with Gasteiger partial charge in [0.1, 0.15) is 12.5 Å². The minimum Gasteiger partial charge on any atom is -0.480 e. The maximum atomic E-state index is 11.9. The fourth-order valence-corrected chi connectivity index (χ4v) is 1.59. The van der Waals surface area contributed by atoms with Gasteiger partial charge in [0.25, 0.3) is 0 Å². The molecule has 1 heterocycles. The highest BCUT2D eigenvalue weighted by molar-refractivity contribution is 5.84. The van der Waals surface area contributed by atoms with E-state index >= 15 is 0 Å². The van der Waals surface area contributed by atoms with Crippen LogP contribution in [0.1, 0.15) is 19.3 Å². The fraction of sp³-hybridized carbons (Fsp3) is 0.750. The number of carboxylic acids is 1. The van der Waals surface area contributed by atoms with E-state index in [-0.39, 0.29) is 13.0 Å². The normalized spacial score (nSPS) is 21.8. The van der Waals surface area contributed by atoms with E-state index in [0.717, 1.165) is 4.90 Å². The molecular formula is C8H10F3NO3. The van der Waals surface area contributed by atoms with Crippen molar-refractivity contribution in [2.45, 2.75) is 31.5 Å². The molecule has 7 heteroatoms. The van der Waals surface area contributed by atoms with Gasteiger partial charge in [-0.15, -0.1) is 0 Å². The van der Waals surface area contributed by atoms with E-state index in [4.69, 9.17) is 5.11 Å². The van der Waals surface area contributed by atoms with E-state index < -0.39 is 30.5 Å². The molecule has 0 unspecified atom stereocenters. The first-order chi connectivity index (χ1) is 6.81. The van der Waals surface area contributed by atoms with Gasteiger partial charge in [-0.2, -0.15) is 13.2 Å². The molecule has 0 saturated carbocycles. The monoisotopic (exact) mass is 225 g/mol. The highest BCUT2D eigenvalue weighted by Gasteiger charge is 2.39. The number of likely N-dealkylation sites (tertiary alicyclic amines) is 1. The number of rotatable bonds is 2. The minimum atomic E-state index is -4.58. The van der Waals surface area contributed by atoms with Gasteiger partial charge in [0, 0.05) is 6.54 Å². The van der Waals surface area contributed by atoms with E-state index in [2.05, 4.69) is 0 Å². The maximum Gasteiger partial charge on any atom is 0.397 e. The SMILES string of the molecule is O=C(O)[C@@H]1CCCN1C(=O)CC(F)(F)F. The van der Waals surface area contributed by atoms with Gasteiger partial charge in [0.15, 0.2) is 0 Å². The molecule has 1 saturated heterocycles. The number of aliphatic carboxylic acids is 1. The van der Waals surface area contributed by atoms with Crippen LogP contribution in [0.25, 0.3) is 0 Å². The van der Waals surface area contributed by atoms with Gasteiger partial charge in [0.2, 0.25) is 5.91 Å². The first-order valence-electron chi connectivity index (χ1n) is 4.40. The van der Waals surface area contributed by atoms with Crippen LogP contribution in [0.3, 0.4) is 0 Å². The molecule has 4 nitrogen and oxygen atoms in total. The number of amides is 1. The second-order valence-electron chi connectivity index (χ2n) is 3.38. The van der Waals surface area contributed by atoms with Crippen LogP contribution >= 0.6 is 0 Å². The topological polar surface area (TPSA) is 57.6 Å². The van der Waals surface area contributed by atoms with Crippen LogP contribution in [0.5, 0.6) is 0 Å². The summed E-state index contributed by atoms with van der Waals surface area (Å²) in [7, 11) is 0. The molecule has 1 atom stereocenters. The van der Waals surface area contributed by atoms with Crippen LogP contribution in [0.15, 0.2) is 0 Å². The van der Waals surface area contributed by atoms with Gasteiger partial charge < -0.3 is 10.0 Å². The molecule has 1 aliphatic heterocycles. The molecular weight excluding hydrogens is 215 g/mol. The lowest BCUT2D eigenvalue weighted by Crippen LogP contribution is -2.42. The van der Waals surface area contributed by atoms with Crippen molar-refractivity contribution in [1.82, 2.24) is 4.90 Å². The molecule has 86 valence electrons. The number of carbonyl (C=O) groups is 2. The molecule has 1 aliphatic rings. The lowest BCUT2D eigenvalue weighted by atomic mass is 10.2. The highest BCUT2D eigenvalue weighted by Crippen LogP contribution is 2.24. The third-order valence-electron chi connectivity index (χ3n) is 2.21. The van der Waals surface area contributed by atoms with Crippen molar-refractivity contribution in [3.63, 3.8) is 0 Å². The van der Waals surface area contributed by atoms with E-state index in [1.54, 1.807) is 0 Å². The lowest BCUT2D eigenvalue weighted by Gasteiger charge is -2.21. The quantitative estimate of drug-likeness (QED) is 0.763. The molecule has 15 heavy (non-hydrogen) atoms. The standard InChI is InChI=1S/C8H10F3NO3/c9-8(10,11)4-6(13)12-3-1-2-5(12)7(14)15/h5H,1-4H2,(H,14,15)/t5-/m0/s1. The van der Waals surface area contributed by atoms with Gasteiger partial charge in [-0.05, 0) is 12.8 Å². The summed E-state index contributed by atoms with van der Waals surface area (Å²) in [5.74, 6) is -2.41. The Morgan fingerprint density at radius 2 is 2.00 bits per heavy atom. The van der Waals surface area contributed by atoms with Gasteiger partial charge in [-0.3, -0.25) is 4.79 Å². The highest BCUT2D eigenvalue weighted by atomic mass is 19.4. The number of carbonyl (C=O) groups excluding carboxylic acids is 1. The molecule has 0 spiro atoms. The number of nitrogens with zero attached hydrogens (tertiary/aromatic N) is 1. The predicted octanol–water partition coefficient (Wildman–Crippen LogP) is 1.01. The first kappa shape index (κ1) is 11.8. The minimum absolute atomic E-state index is 0.0892. The van der Waals surface area contributed by atoms with Crippen molar-refractivity contribution in [3.8, 4) is 0 Å². The van der Waals surface area contributed by atoms with Crippen molar-refractivity contribution < 1.29 is 27.9 Å². The van der Waals surface area contributed by atoms with Crippen LogP contribution < -0.4 is 0 Å². The molecule has 0 aromatic rings. The summed E-state index contributed by atoms with van der Waals surface area (Å²) >= 11 is 0. The zero-order valence-electron chi connectivity index (χ0n) is 7.75. The Morgan fingerprint density at radius 1 is 1.40 bits per heavy atom. The van der Waals surface area contributed by atoms with Gasteiger partial charge >= 0.3 is 12.1 Å². The summed E-state index contributed by atoms with van der Waals surface area (Å²) in [4.78, 5) is 22.5. The van der Waals surface area contributed by atoms with Crippen molar-refractivity contribution in [2.75, 3.05) is 6.54 Å². The van der Waals surface area contributed by atoms with Crippen LogP contribution in [0, 0.1) is 0 Å². The maximum absolute atomic E-state index is 11.9. The average molecular weight is 225 g/mol.